The van der Waals surface area contributed by atoms with Gasteiger partial charge in [-0.25, -0.2) is 0 Å². The van der Waals surface area contributed by atoms with E-state index in [1.54, 1.807) is 25.3 Å². The molecule has 106 valence electrons. The van der Waals surface area contributed by atoms with Gasteiger partial charge in [0.1, 0.15) is 11.3 Å². The van der Waals surface area contributed by atoms with E-state index < -0.39 is 5.97 Å². The van der Waals surface area contributed by atoms with Crippen LogP contribution in [0.5, 0.6) is 5.75 Å². The Morgan fingerprint density at radius 1 is 1.35 bits per heavy atom. The van der Waals surface area contributed by atoms with E-state index in [0.717, 1.165) is 0 Å². The summed E-state index contributed by atoms with van der Waals surface area (Å²) >= 11 is 0. The quantitative estimate of drug-likeness (QED) is 0.821. The molecule has 1 N–H and O–H groups in total. The van der Waals surface area contributed by atoms with Crippen molar-refractivity contribution in [2.75, 3.05) is 7.11 Å². The van der Waals surface area contributed by atoms with Crippen molar-refractivity contribution in [3.63, 3.8) is 0 Å². The monoisotopic (exact) mass is 276 g/mol. The topological polar surface area (TPSA) is 76.7 Å². The second-order valence-electron chi connectivity index (χ2n) is 4.55. The lowest BCUT2D eigenvalue weighted by molar-refractivity contribution is -0.137. The van der Waals surface area contributed by atoms with Gasteiger partial charge in [0.15, 0.2) is 5.43 Å². The Labute approximate surface area is 115 Å². The maximum Gasteiger partial charge on any atom is 0.303 e. The minimum Gasteiger partial charge on any atom is -0.497 e. The standard InChI is InChI=1S/C15H16O5/c1-19-11-6-7-12-13(8-11)20-9-10(15(12)18)4-2-3-5-14(16)17/h6-9H,2-5H2,1H3,(H,16,17). The van der Waals surface area contributed by atoms with Crippen molar-refractivity contribution in [3.8, 4) is 5.75 Å². The average molecular weight is 276 g/mol. The molecular weight excluding hydrogens is 260 g/mol. The zero-order chi connectivity index (χ0) is 14.5. The van der Waals surface area contributed by atoms with Crippen LogP contribution in [0.3, 0.4) is 0 Å². The van der Waals surface area contributed by atoms with Crippen molar-refractivity contribution in [1.29, 1.82) is 0 Å². The lowest BCUT2D eigenvalue weighted by Crippen LogP contribution is -2.09. The fraction of sp³-hybridized carbons (Fsp3) is 0.333. The Morgan fingerprint density at radius 3 is 2.85 bits per heavy atom. The molecule has 5 heteroatoms. The highest BCUT2D eigenvalue weighted by Gasteiger charge is 2.08. The van der Waals surface area contributed by atoms with E-state index in [0.29, 0.717) is 41.5 Å². The van der Waals surface area contributed by atoms with Crippen molar-refractivity contribution < 1.29 is 19.1 Å². The largest absolute Gasteiger partial charge is 0.497 e. The van der Waals surface area contributed by atoms with E-state index >= 15 is 0 Å². The molecule has 2 rings (SSSR count). The first kappa shape index (κ1) is 14.1. The predicted octanol–water partition coefficient (Wildman–Crippen LogP) is 2.60. The smallest absolute Gasteiger partial charge is 0.303 e. The number of carbonyl (C=O) groups is 1. The normalized spacial score (nSPS) is 10.7. The number of unbranched alkanes of at least 4 members (excludes halogenated alkanes) is 1. The highest BCUT2D eigenvalue weighted by atomic mass is 16.5. The molecule has 0 aliphatic rings. The van der Waals surface area contributed by atoms with Gasteiger partial charge in [-0.1, -0.05) is 0 Å². The van der Waals surface area contributed by atoms with E-state index in [-0.39, 0.29) is 11.8 Å². The van der Waals surface area contributed by atoms with Crippen LogP contribution in [0.15, 0.2) is 33.7 Å². The SMILES string of the molecule is COc1ccc2c(=O)c(CCCCC(=O)O)coc2c1. The summed E-state index contributed by atoms with van der Waals surface area (Å²) in [6.07, 6.45) is 3.30. The van der Waals surface area contributed by atoms with Gasteiger partial charge in [0, 0.05) is 18.1 Å². The second-order valence-corrected chi connectivity index (χ2v) is 4.55. The summed E-state index contributed by atoms with van der Waals surface area (Å²) in [6, 6.07) is 5.07. The minimum absolute atomic E-state index is 0.0655. The van der Waals surface area contributed by atoms with Gasteiger partial charge < -0.3 is 14.3 Å². The van der Waals surface area contributed by atoms with E-state index in [9.17, 15) is 9.59 Å². The molecule has 2 aromatic rings. The van der Waals surface area contributed by atoms with E-state index in [1.165, 1.54) is 6.26 Å². The molecule has 0 amide bonds. The maximum absolute atomic E-state index is 12.2. The number of ether oxygens (including phenoxy) is 1. The molecule has 0 spiro atoms. The summed E-state index contributed by atoms with van der Waals surface area (Å²) in [6.45, 7) is 0. The summed E-state index contributed by atoms with van der Waals surface area (Å²) in [5, 5.41) is 9.08. The van der Waals surface area contributed by atoms with Gasteiger partial charge in [0.25, 0.3) is 0 Å². The molecule has 0 aliphatic carbocycles. The van der Waals surface area contributed by atoms with Gasteiger partial charge in [0.2, 0.25) is 0 Å². The minimum atomic E-state index is -0.817. The fourth-order valence-electron chi connectivity index (χ4n) is 2.04. The molecule has 1 aromatic carbocycles. The van der Waals surface area contributed by atoms with Gasteiger partial charge >= 0.3 is 5.97 Å². The third-order valence-corrected chi connectivity index (χ3v) is 3.14. The molecule has 0 bridgehead atoms. The Balaban J connectivity index is 2.17. The van der Waals surface area contributed by atoms with Crippen LogP contribution in [0, 0.1) is 0 Å². The third kappa shape index (κ3) is 3.17. The van der Waals surface area contributed by atoms with Crippen LogP contribution in [0.2, 0.25) is 0 Å². The molecular formula is C15H16O5. The first-order valence-electron chi connectivity index (χ1n) is 6.42. The number of hydrogen-bond acceptors (Lipinski definition) is 4. The van der Waals surface area contributed by atoms with Crippen molar-refractivity contribution in [2.24, 2.45) is 0 Å². The number of methoxy groups -OCH3 is 1. The molecule has 20 heavy (non-hydrogen) atoms. The summed E-state index contributed by atoms with van der Waals surface area (Å²) in [4.78, 5) is 22.7. The van der Waals surface area contributed by atoms with Crippen LogP contribution in [-0.2, 0) is 11.2 Å². The summed E-state index contributed by atoms with van der Waals surface area (Å²) in [5.74, 6) is -0.183. The second kappa shape index (κ2) is 6.23. The highest BCUT2D eigenvalue weighted by molar-refractivity contribution is 5.78. The molecule has 0 atom stereocenters. The van der Waals surface area contributed by atoms with Crippen LogP contribution in [-0.4, -0.2) is 18.2 Å². The lowest BCUT2D eigenvalue weighted by Gasteiger charge is -2.04. The van der Waals surface area contributed by atoms with E-state index in [4.69, 9.17) is 14.3 Å². The molecule has 0 saturated heterocycles. The van der Waals surface area contributed by atoms with Crippen LogP contribution >= 0.6 is 0 Å². The molecule has 1 aromatic heterocycles. The first-order chi connectivity index (χ1) is 9.61. The van der Waals surface area contributed by atoms with Gasteiger partial charge in [-0.05, 0) is 31.4 Å². The Bertz CT molecular complexity index is 672. The molecule has 1 heterocycles. The lowest BCUT2D eigenvalue weighted by atomic mass is 10.1. The Kier molecular flexibility index (Phi) is 4.40. The zero-order valence-corrected chi connectivity index (χ0v) is 11.2. The Hall–Kier alpha value is -2.30. The van der Waals surface area contributed by atoms with Crippen molar-refractivity contribution in [1.82, 2.24) is 0 Å². The summed E-state index contributed by atoms with van der Waals surface area (Å²) in [5.41, 5.74) is 1.00. The van der Waals surface area contributed by atoms with Crippen molar-refractivity contribution >= 4 is 16.9 Å². The Morgan fingerprint density at radius 2 is 2.15 bits per heavy atom. The van der Waals surface area contributed by atoms with E-state index in [1.807, 2.05) is 0 Å². The number of carboxylic acids is 1. The number of hydrogen-bond donors (Lipinski definition) is 1. The number of aryl methyl sites for hydroxylation is 1. The fourth-order valence-corrected chi connectivity index (χ4v) is 2.04. The molecule has 0 saturated carbocycles. The highest BCUT2D eigenvalue weighted by Crippen LogP contribution is 2.19. The number of carboxylic acid groups (broad SMARTS) is 1. The molecule has 0 aliphatic heterocycles. The predicted molar refractivity (Wildman–Crippen MR) is 74.2 cm³/mol. The maximum atomic E-state index is 12.2. The number of rotatable bonds is 6. The van der Waals surface area contributed by atoms with Crippen molar-refractivity contribution in [3.05, 3.63) is 40.2 Å². The number of benzene rings is 1. The van der Waals surface area contributed by atoms with E-state index in [2.05, 4.69) is 0 Å². The van der Waals surface area contributed by atoms with Crippen LogP contribution in [0.1, 0.15) is 24.8 Å². The number of aliphatic carboxylic acids is 1. The number of fused-ring (bicyclic) bond motifs is 1. The first-order valence-corrected chi connectivity index (χ1v) is 6.42. The molecule has 5 nitrogen and oxygen atoms in total. The van der Waals surface area contributed by atoms with Crippen LogP contribution in [0.4, 0.5) is 0 Å². The van der Waals surface area contributed by atoms with Gasteiger partial charge in [-0.15, -0.1) is 0 Å². The summed E-state index contributed by atoms with van der Waals surface area (Å²) in [7, 11) is 1.55. The zero-order valence-electron chi connectivity index (χ0n) is 11.2. The van der Waals surface area contributed by atoms with Gasteiger partial charge in [-0.2, -0.15) is 0 Å². The van der Waals surface area contributed by atoms with Gasteiger partial charge in [0.05, 0.1) is 18.8 Å². The van der Waals surface area contributed by atoms with Crippen LogP contribution in [0.25, 0.3) is 11.0 Å². The average Bonchev–Trinajstić information content (AvgIpc) is 2.45. The summed E-state index contributed by atoms with van der Waals surface area (Å²) < 4.78 is 10.5. The molecule has 0 radical (unpaired) electrons. The molecule has 0 unspecified atom stereocenters. The van der Waals surface area contributed by atoms with Crippen molar-refractivity contribution in [2.45, 2.75) is 25.7 Å². The van der Waals surface area contributed by atoms with Gasteiger partial charge in [-0.3, -0.25) is 9.59 Å². The third-order valence-electron chi connectivity index (χ3n) is 3.14. The molecule has 0 fully saturated rings. The van der Waals surface area contributed by atoms with Crippen LogP contribution < -0.4 is 10.2 Å².